The summed E-state index contributed by atoms with van der Waals surface area (Å²) in [7, 11) is 1.89. The number of nitrogens with one attached hydrogen (secondary N) is 2. The maximum atomic E-state index is 4.64. The summed E-state index contributed by atoms with van der Waals surface area (Å²) in [5.41, 5.74) is -0.0316. The molecule has 1 aromatic heterocycles. The monoisotopic (exact) mass is 248 g/mol. The third-order valence-electron chi connectivity index (χ3n) is 3.38. The van der Waals surface area contributed by atoms with Gasteiger partial charge in [-0.2, -0.15) is 0 Å². The molecule has 0 aromatic carbocycles. The molecule has 1 aromatic rings. The van der Waals surface area contributed by atoms with Crippen LogP contribution in [0.15, 0.2) is 6.07 Å². The van der Waals surface area contributed by atoms with E-state index in [1.165, 1.54) is 12.8 Å². The first-order chi connectivity index (χ1) is 8.38. The van der Waals surface area contributed by atoms with Crippen LogP contribution in [-0.4, -0.2) is 23.1 Å². The van der Waals surface area contributed by atoms with Crippen molar-refractivity contribution < 1.29 is 0 Å². The second-order valence-corrected chi connectivity index (χ2v) is 6.38. The molecule has 0 radical (unpaired) electrons. The summed E-state index contributed by atoms with van der Waals surface area (Å²) < 4.78 is 0. The van der Waals surface area contributed by atoms with Gasteiger partial charge in [0.15, 0.2) is 0 Å². The third kappa shape index (κ3) is 2.92. The Morgan fingerprint density at radius 1 is 1.17 bits per heavy atom. The van der Waals surface area contributed by atoms with E-state index in [0.717, 1.165) is 23.4 Å². The molecular formula is C14H24N4. The Morgan fingerprint density at radius 2 is 1.78 bits per heavy atom. The topological polar surface area (TPSA) is 49.8 Å². The van der Waals surface area contributed by atoms with Gasteiger partial charge in [0.1, 0.15) is 17.5 Å². The van der Waals surface area contributed by atoms with Gasteiger partial charge in [0, 0.05) is 24.6 Å². The molecule has 4 nitrogen and oxygen atoms in total. The van der Waals surface area contributed by atoms with Crippen molar-refractivity contribution in [2.75, 3.05) is 17.7 Å². The van der Waals surface area contributed by atoms with Gasteiger partial charge in [-0.25, -0.2) is 9.97 Å². The average Bonchev–Trinajstić information content (AvgIpc) is 2.25. The minimum Gasteiger partial charge on any atom is -0.373 e. The highest BCUT2D eigenvalue weighted by atomic mass is 15.1. The minimum absolute atomic E-state index is 0.0316. The van der Waals surface area contributed by atoms with E-state index in [0.29, 0.717) is 6.04 Å². The van der Waals surface area contributed by atoms with Crippen molar-refractivity contribution in [3.8, 4) is 0 Å². The number of anilines is 2. The van der Waals surface area contributed by atoms with Crippen molar-refractivity contribution in [3.63, 3.8) is 0 Å². The summed E-state index contributed by atoms with van der Waals surface area (Å²) in [5, 5.41) is 6.61. The molecule has 0 saturated heterocycles. The lowest BCUT2D eigenvalue weighted by atomic mass is 9.82. The fourth-order valence-electron chi connectivity index (χ4n) is 2.21. The van der Waals surface area contributed by atoms with E-state index in [1.807, 2.05) is 13.1 Å². The van der Waals surface area contributed by atoms with Crippen LogP contribution in [0.3, 0.4) is 0 Å². The van der Waals surface area contributed by atoms with Gasteiger partial charge in [-0.15, -0.1) is 0 Å². The van der Waals surface area contributed by atoms with Gasteiger partial charge in [-0.05, 0) is 18.8 Å². The Morgan fingerprint density at radius 3 is 2.28 bits per heavy atom. The maximum Gasteiger partial charge on any atom is 0.138 e. The molecule has 2 N–H and O–H groups in total. The molecule has 0 amide bonds. The maximum absolute atomic E-state index is 4.64. The second-order valence-electron chi connectivity index (χ2n) is 6.38. The Kier molecular flexibility index (Phi) is 3.46. The fraction of sp³-hybridized carbons (Fsp3) is 0.714. The van der Waals surface area contributed by atoms with Crippen LogP contribution in [-0.2, 0) is 5.41 Å². The largest absolute Gasteiger partial charge is 0.373 e. The second kappa shape index (κ2) is 4.75. The van der Waals surface area contributed by atoms with E-state index in [1.54, 1.807) is 0 Å². The highest BCUT2D eigenvalue weighted by Gasteiger charge is 2.26. The number of aromatic nitrogens is 2. The molecule has 18 heavy (non-hydrogen) atoms. The first kappa shape index (κ1) is 13.1. The number of hydrogen-bond donors (Lipinski definition) is 2. The van der Waals surface area contributed by atoms with Crippen LogP contribution in [0.2, 0.25) is 0 Å². The Hall–Kier alpha value is -1.32. The molecule has 0 spiro atoms. The number of hydrogen-bond acceptors (Lipinski definition) is 4. The van der Waals surface area contributed by atoms with E-state index in [4.69, 9.17) is 0 Å². The number of rotatable bonds is 3. The molecule has 1 fully saturated rings. The van der Waals surface area contributed by atoms with Gasteiger partial charge in [0.25, 0.3) is 0 Å². The van der Waals surface area contributed by atoms with Crippen molar-refractivity contribution in [3.05, 3.63) is 11.9 Å². The lowest BCUT2D eigenvalue weighted by Gasteiger charge is -2.34. The van der Waals surface area contributed by atoms with Crippen LogP contribution >= 0.6 is 0 Å². The first-order valence-electron chi connectivity index (χ1n) is 6.72. The van der Waals surface area contributed by atoms with Crippen LogP contribution in [0.5, 0.6) is 0 Å². The minimum atomic E-state index is -0.0316. The summed E-state index contributed by atoms with van der Waals surface area (Å²) in [4.78, 5) is 9.16. The van der Waals surface area contributed by atoms with E-state index in [9.17, 15) is 0 Å². The summed E-state index contributed by atoms with van der Waals surface area (Å²) in [5.74, 6) is 3.54. The van der Waals surface area contributed by atoms with Crippen molar-refractivity contribution in [2.24, 2.45) is 5.92 Å². The molecule has 2 rings (SSSR count). The smallest absolute Gasteiger partial charge is 0.138 e. The summed E-state index contributed by atoms with van der Waals surface area (Å²) >= 11 is 0. The predicted molar refractivity (Wildman–Crippen MR) is 76.1 cm³/mol. The lowest BCUT2D eigenvalue weighted by Crippen LogP contribution is -2.34. The lowest BCUT2D eigenvalue weighted by molar-refractivity contribution is 0.308. The predicted octanol–water partition coefficient (Wildman–Crippen LogP) is 3.03. The molecule has 0 unspecified atom stereocenters. The molecule has 1 aliphatic rings. The Labute approximate surface area is 110 Å². The van der Waals surface area contributed by atoms with Crippen LogP contribution in [0.1, 0.15) is 46.4 Å². The SMILES string of the molecule is CNc1cc(NC2CC(C)C2)nc(C(C)(C)C)n1. The van der Waals surface area contributed by atoms with Gasteiger partial charge in [0.05, 0.1) is 0 Å². The van der Waals surface area contributed by atoms with E-state index in [-0.39, 0.29) is 5.41 Å². The molecule has 100 valence electrons. The standard InChI is InChI=1S/C14H24N4/c1-9-6-10(7-9)16-12-8-11(15-5)17-13(18-12)14(2,3)4/h8-10H,6-7H2,1-5H3,(H2,15,16,17,18). The Bertz CT molecular complexity index is 416. The zero-order valence-corrected chi connectivity index (χ0v) is 12.0. The number of nitrogens with zero attached hydrogens (tertiary/aromatic N) is 2. The normalized spacial score (nSPS) is 23.4. The quantitative estimate of drug-likeness (QED) is 0.863. The van der Waals surface area contributed by atoms with Crippen molar-refractivity contribution in [1.29, 1.82) is 0 Å². The molecule has 1 saturated carbocycles. The molecule has 4 heteroatoms. The van der Waals surface area contributed by atoms with Crippen molar-refractivity contribution in [1.82, 2.24) is 9.97 Å². The van der Waals surface area contributed by atoms with E-state index < -0.39 is 0 Å². The molecule has 0 atom stereocenters. The Balaban J connectivity index is 2.18. The summed E-state index contributed by atoms with van der Waals surface area (Å²) in [6.45, 7) is 8.70. The molecular weight excluding hydrogens is 224 g/mol. The van der Waals surface area contributed by atoms with Crippen molar-refractivity contribution in [2.45, 2.75) is 52.0 Å². The highest BCUT2D eigenvalue weighted by Crippen LogP contribution is 2.30. The summed E-state index contributed by atoms with van der Waals surface area (Å²) in [6.07, 6.45) is 2.48. The zero-order chi connectivity index (χ0) is 13.3. The molecule has 1 aliphatic carbocycles. The molecule has 0 bridgehead atoms. The zero-order valence-electron chi connectivity index (χ0n) is 12.0. The van der Waals surface area contributed by atoms with Gasteiger partial charge >= 0.3 is 0 Å². The van der Waals surface area contributed by atoms with Gasteiger partial charge in [-0.1, -0.05) is 27.7 Å². The van der Waals surface area contributed by atoms with Crippen LogP contribution in [0.4, 0.5) is 11.6 Å². The van der Waals surface area contributed by atoms with Gasteiger partial charge in [-0.3, -0.25) is 0 Å². The third-order valence-corrected chi connectivity index (χ3v) is 3.38. The molecule has 1 heterocycles. The van der Waals surface area contributed by atoms with E-state index >= 15 is 0 Å². The average molecular weight is 248 g/mol. The highest BCUT2D eigenvalue weighted by molar-refractivity contribution is 5.48. The van der Waals surface area contributed by atoms with Crippen LogP contribution in [0, 0.1) is 5.92 Å². The summed E-state index contributed by atoms with van der Waals surface area (Å²) in [6, 6.07) is 2.56. The van der Waals surface area contributed by atoms with Crippen LogP contribution in [0.25, 0.3) is 0 Å². The van der Waals surface area contributed by atoms with Gasteiger partial charge < -0.3 is 10.6 Å². The van der Waals surface area contributed by atoms with E-state index in [2.05, 4.69) is 48.3 Å². The molecule has 0 aliphatic heterocycles. The van der Waals surface area contributed by atoms with Crippen molar-refractivity contribution >= 4 is 11.6 Å². The van der Waals surface area contributed by atoms with Crippen LogP contribution < -0.4 is 10.6 Å². The van der Waals surface area contributed by atoms with Gasteiger partial charge in [0.2, 0.25) is 0 Å². The first-order valence-corrected chi connectivity index (χ1v) is 6.72. The fourth-order valence-corrected chi connectivity index (χ4v) is 2.21.